The highest BCUT2D eigenvalue weighted by molar-refractivity contribution is 8.18. The van der Waals surface area contributed by atoms with E-state index in [9.17, 15) is 9.59 Å². The molecule has 1 heterocycles. The minimum absolute atomic E-state index is 0.218. The second-order valence-corrected chi connectivity index (χ2v) is 7.89. The number of methoxy groups -OCH3 is 3. The Balaban J connectivity index is 1.62. The van der Waals surface area contributed by atoms with E-state index in [0.717, 1.165) is 28.1 Å². The van der Waals surface area contributed by atoms with E-state index < -0.39 is 0 Å². The van der Waals surface area contributed by atoms with Gasteiger partial charge >= 0.3 is 0 Å². The van der Waals surface area contributed by atoms with E-state index >= 15 is 0 Å². The van der Waals surface area contributed by atoms with Gasteiger partial charge in [-0.25, -0.2) is 0 Å². The average Bonchev–Trinajstić information content (AvgIpc) is 3.05. The third-order valence-corrected chi connectivity index (χ3v) is 5.96. The van der Waals surface area contributed by atoms with Crippen LogP contribution in [0.25, 0.3) is 16.8 Å². The van der Waals surface area contributed by atoms with E-state index in [4.69, 9.17) is 14.2 Å². The van der Waals surface area contributed by atoms with Crippen LogP contribution < -0.4 is 14.2 Å². The number of rotatable bonds is 6. The lowest BCUT2D eigenvalue weighted by molar-refractivity contribution is -0.123. The van der Waals surface area contributed by atoms with Gasteiger partial charge in [-0.1, -0.05) is 36.4 Å². The van der Waals surface area contributed by atoms with Crippen LogP contribution in [0, 0.1) is 0 Å². The summed E-state index contributed by atoms with van der Waals surface area (Å²) < 4.78 is 16.1. The topological polar surface area (TPSA) is 65.1 Å². The molecule has 6 nitrogen and oxygen atoms in total. The van der Waals surface area contributed by atoms with Gasteiger partial charge in [0.15, 0.2) is 11.5 Å². The maximum Gasteiger partial charge on any atom is 0.293 e. The Hall–Kier alpha value is -3.45. The van der Waals surface area contributed by atoms with Crippen molar-refractivity contribution in [3.05, 3.63) is 70.6 Å². The van der Waals surface area contributed by atoms with Crippen molar-refractivity contribution in [3.63, 3.8) is 0 Å². The number of carbonyl (C=O) groups is 2. The molecule has 0 aromatic heterocycles. The predicted molar refractivity (Wildman–Crippen MR) is 122 cm³/mol. The maximum atomic E-state index is 13.0. The summed E-state index contributed by atoms with van der Waals surface area (Å²) in [5.74, 6) is 1.20. The number of amides is 2. The van der Waals surface area contributed by atoms with Crippen molar-refractivity contribution >= 4 is 39.8 Å². The summed E-state index contributed by atoms with van der Waals surface area (Å²) in [7, 11) is 4.60. The Morgan fingerprint density at radius 2 is 1.52 bits per heavy atom. The first-order valence-electron chi connectivity index (χ1n) is 9.57. The zero-order valence-electron chi connectivity index (χ0n) is 17.4. The van der Waals surface area contributed by atoms with Gasteiger partial charge in [-0.3, -0.25) is 14.5 Å². The van der Waals surface area contributed by atoms with E-state index in [0.29, 0.717) is 27.7 Å². The zero-order chi connectivity index (χ0) is 22.0. The van der Waals surface area contributed by atoms with Crippen molar-refractivity contribution in [2.24, 2.45) is 0 Å². The summed E-state index contributed by atoms with van der Waals surface area (Å²) in [5, 5.41) is 1.88. The summed E-state index contributed by atoms with van der Waals surface area (Å²) in [6.07, 6.45) is 1.64. The highest BCUT2D eigenvalue weighted by atomic mass is 32.2. The molecule has 2 amide bonds. The van der Waals surface area contributed by atoms with Gasteiger partial charge in [0.25, 0.3) is 11.1 Å². The molecule has 31 heavy (non-hydrogen) atoms. The van der Waals surface area contributed by atoms with Crippen molar-refractivity contribution in [2.75, 3.05) is 21.3 Å². The molecule has 0 aliphatic carbocycles. The fourth-order valence-electron chi connectivity index (χ4n) is 3.46. The molecular formula is C24H21NO5S. The Kier molecular flexibility index (Phi) is 5.86. The van der Waals surface area contributed by atoms with Crippen LogP contribution in [0.3, 0.4) is 0 Å². The number of thioether (sulfide) groups is 1. The molecule has 0 N–H and O–H groups in total. The quantitative estimate of drug-likeness (QED) is 0.502. The van der Waals surface area contributed by atoms with Gasteiger partial charge in [-0.2, -0.15) is 0 Å². The normalized spacial score (nSPS) is 15.1. The lowest BCUT2D eigenvalue weighted by Crippen LogP contribution is -2.27. The van der Waals surface area contributed by atoms with E-state index in [-0.39, 0.29) is 17.7 Å². The number of carbonyl (C=O) groups excluding carboxylic acids is 2. The molecule has 4 rings (SSSR count). The Morgan fingerprint density at radius 1 is 0.839 bits per heavy atom. The van der Waals surface area contributed by atoms with Gasteiger partial charge in [0.1, 0.15) is 5.75 Å². The number of hydrogen-bond acceptors (Lipinski definition) is 6. The average molecular weight is 436 g/mol. The number of fused-ring (bicyclic) bond motifs is 1. The SMILES string of the molecule is COc1cc(OC)c(OC)cc1/C=C1/SC(=O)N(Cc2ccc3ccccc3c2)C1=O. The molecule has 0 spiro atoms. The third kappa shape index (κ3) is 4.09. The highest BCUT2D eigenvalue weighted by Gasteiger charge is 2.35. The van der Waals surface area contributed by atoms with E-state index in [1.54, 1.807) is 18.2 Å². The molecule has 1 aliphatic heterocycles. The van der Waals surface area contributed by atoms with Crippen molar-refractivity contribution in [2.45, 2.75) is 6.54 Å². The van der Waals surface area contributed by atoms with Gasteiger partial charge in [0.05, 0.1) is 32.8 Å². The first-order chi connectivity index (χ1) is 15.0. The van der Waals surface area contributed by atoms with Crippen LogP contribution in [0.15, 0.2) is 59.5 Å². The molecule has 1 fully saturated rings. The van der Waals surface area contributed by atoms with Gasteiger partial charge in [0.2, 0.25) is 0 Å². The summed E-state index contributed by atoms with van der Waals surface area (Å²) in [6.45, 7) is 0.218. The summed E-state index contributed by atoms with van der Waals surface area (Å²) in [5.41, 5.74) is 1.52. The molecule has 1 aliphatic rings. The molecule has 0 unspecified atom stereocenters. The fraction of sp³-hybridized carbons (Fsp3) is 0.167. The van der Waals surface area contributed by atoms with Crippen molar-refractivity contribution in [1.82, 2.24) is 4.90 Å². The van der Waals surface area contributed by atoms with Gasteiger partial charge in [-0.05, 0) is 46.3 Å². The molecule has 0 bridgehead atoms. The fourth-order valence-corrected chi connectivity index (χ4v) is 4.29. The molecule has 0 saturated carbocycles. The summed E-state index contributed by atoms with van der Waals surface area (Å²) >= 11 is 0.913. The lowest BCUT2D eigenvalue weighted by atomic mass is 10.1. The van der Waals surface area contributed by atoms with Crippen LogP contribution in [0.4, 0.5) is 4.79 Å². The molecule has 3 aromatic carbocycles. The van der Waals surface area contributed by atoms with Crippen molar-refractivity contribution < 1.29 is 23.8 Å². The predicted octanol–water partition coefficient (Wildman–Crippen LogP) is 5.10. The zero-order valence-corrected chi connectivity index (χ0v) is 18.2. The molecule has 3 aromatic rings. The molecule has 0 atom stereocenters. The first kappa shape index (κ1) is 20.8. The molecular weight excluding hydrogens is 414 g/mol. The molecule has 1 saturated heterocycles. The second-order valence-electron chi connectivity index (χ2n) is 6.90. The monoisotopic (exact) mass is 435 g/mol. The van der Waals surface area contributed by atoms with Crippen LogP contribution in [-0.4, -0.2) is 37.4 Å². The van der Waals surface area contributed by atoms with Crippen LogP contribution in [0.2, 0.25) is 0 Å². The van der Waals surface area contributed by atoms with E-state index in [1.165, 1.54) is 26.2 Å². The summed E-state index contributed by atoms with van der Waals surface area (Å²) in [6, 6.07) is 17.3. The van der Waals surface area contributed by atoms with Crippen molar-refractivity contribution in [1.29, 1.82) is 0 Å². The number of benzene rings is 3. The summed E-state index contributed by atoms with van der Waals surface area (Å²) in [4.78, 5) is 27.2. The van der Waals surface area contributed by atoms with Crippen LogP contribution in [0.5, 0.6) is 17.2 Å². The molecule has 7 heteroatoms. The third-order valence-electron chi connectivity index (χ3n) is 5.05. The smallest absolute Gasteiger partial charge is 0.293 e. The minimum atomic E-state index is -0.333. The lowest BCUT2D eigenvalue weighted by Gasteiger charge is -2.13. The van der Waals surface area contributed by atoms with Gasteiger partial charge in [-0.15, -0.1) is 0 Å². The van der Waals surface area contributed by atoms with Crippen molar-refractivity contribution in [3.8, 4) is 17.2 Å². The number of ether oxygens (including phenoxy) is 3. The van der Waals surface area contributed by atoms with E-state index in [1.807, 2.05) is 42.5 Å². The minimum Gasteiger partial charge on any atom is -0.496 e. The number of imide groups is 1. The number of hydrogen-bond donors (Lipinski definition) is 0. The Morgan fingerprint density at radius 3 is 2.23 bits per heavy atom. The van der Waals surface area contributed by atoms with Gasteiger partial charge in [0, 0.05) is 11.6 Å². The van der Waals surface area contributed by atoms with E-state index in [2.05, 4.69) is 0 Å². The second kappa shape index (κ2) is 8.73. The van der Waals surface area contributed by atoms with Crippen LogP contribution in [-0.2, 0) is 11.3 Å². The molecule has 0 radical (unpaired) electrons. The van der Waals surface area contributed by atoms with Crippen LogP contribution in [0.1, 0.15) is 11.1 Å². The maximum absolute atomic E-state index is 13.0. The first-order valence-corrected chi connectivity index (χ1v) is 10.4. The standard InChI is InChI=1S/C24H21NO5S/c1-28-19-13-21(30-3)20(29-2)11-18(19)12-22-23(26)25(24(27)31-22)14-15-8-9-16-6-4-5-7-17(16)10-15/h4-13H,14H2,1-3H3/b22-12+. The van der Waals surface area contributed by atoms with Crippen LogP contribution >= 0.6 is 11.8 Å². The highest BCUT2D eigenvalue weighted by Crippen LogP contribution is 2.39. The number of nitrogens with zero attached hydrogens (tertiary/aromatic N) is 1. The molecule has 158 valence electrons. The largest absolute Gasteiger partial charge is 0.496 e. The Labute approximate surface area is 184 Å². The Bertz CT molecular complexity index is 1200. The van der Waals surface area contributed by atoms with Gasteiger partial charge < -0.3 is 14.2 Å².